The molecule has 0 N–H and O–H groups in total. The maximum atomic E-state index is 12.2. The predicted molar refractivity (Wildman–Crippen MR) is 81.2 cm³/mol. The van der Waals surface area contributed by atoms with Crippen molar-refractivity contribution in [1.29, 1.82) is 0 Å². The minimum atomic E-state index is 0.0361. The van der Waals surface area contributed by atoms with Crippen molar-refractivity contribution in [2.45, 2.75) is 11.4 Å². The van der Waals surface area contributed by atoms with Crippen LogP contribution in [0.4, 0.5) is 0 Å². The maximum absolute atomic E-state index is 12.2. The normalized spacial score (nSPS) is 11.0. The van der Waals surface area contributed by atoms with Crippen LogP contribution in [0.25, 0.3) is 10.2 Å². The molecule has 96 valence electrons. The Morgan fingerprint density at radius 3 is 2.79 bits per heavy atom. The lowest BCUT2D eigenvalue weighted by Gasteiger charge is -2.06. The van der Waals surface area contributed by atoms with Gasteiger partial charge in [-0.25, -0.2) is 4.98 Å². The van der Waals surface area contributed by atoms with E-state index in [1.165, 1.54) is 16.2 Å². The third-order valence-electron chi connectivity index (χ3n) is 2.95. The monoisotopic (exact) mass is 288 g/mol. The van der Waals surface area contributed by atoms with Crippen molar-refractivity contribution < 1.29 is 0 Å². The second-order valence-electron chi connectivity index (χ2n) is 4.16. The van der Waals surface area contributed by atoms with E-state index < -0.39 is 0 Å². The van der Waals surface area contributed by atoms with E-state index in [4.69, 9.17) is 0 Å². The molecule has 0 spiro atoms. The van der Waals surface area contributed by atoms with Crippen LogP contribution in [0.5, 0.6) is 0 Å². The summed E-state index contributed by atoms with van der Waals surface area (Å²) in [4.78, 5) is 17.8. The van der Waals surface area contributed by atoms with E-state index in [2.05, 4.69) is 29.2 Å². The van der Waals surface area contributed by atoms with Gasteiger partial charge in [-0.2, -0.15) is 0 Å². The number of benzene rings is 1. The van der Waals surface area contributed by atoms with Crippen LogP contribution in [0, 0.1) is 0 Å². The highest BCUT2D eigenvalue weighted by Crippen LogP contribution is 2.16. The lowest BCUT2D eigenvalue weighted by atomic mass is 10.2. The van der Waals surface area contributed by atoms with Gasteiger partial charge in [-0.3, -0.25) is 9.36 Å². The standard InChI is InChI=1S/C14H12N2OS2/c1-18-11-4-2-10(3-5-11)8-16-9-15-12-6-7-19-13(12)14(16)17/h2-7,9H,8H2,1H3. The molecule has 0 saturated carbocycles. The summed E-state index contributed by atoms with van der Waals surface area (Å²) in [5.41, 5.74) is 1.93. The molecule has 0 bridgehead atoms. The summed E-state index contributed by atoms with van der Waals surface area (Å²) in [5.74, 6) is 0. The van der Waals surface area contributed by atoms with Gasteiger partial charge >= 0.3 is 0 Å². The summed E-state index contributed by atoms with van der Waals surface area (Å²) in [6.07, 6.45) is 3.67. The van der Waals surface area contributed by atoms with Gasteiger partial charge in [0.15, 0.2) is 0 Å². The molecule has 0 aliphatic carbocycles. The minimum absolute atomic E-state index is 0.0361. The topological polar surface area (TPSA) is 34.9 Å². The van der Waals surface area contributed by atoms with E-state index in [1.54, 1.807) is 22.7 Å². The molecule has 2 aromatic heterocycles. The van der Waals surface area contributed by atoms with E-state index in [9.17, 15) is 4.79 Å². The Balaban J connectivity index is 1.95. The fraction of sp³-hybridized carbons (Fsp3) is 0.143. The smallest absolute Gasteiger partial charge is 0.271 e. The third kappa shape index (κ3) is 2.43. The van der Waals surface area contributed by atoms with Crippen LogP contribution < -0.4 is 5.56 Å². The summed E-state index contributed by atoms with van der Waals surface area (Å²) in [6.45, 7) is 0.564. The number of rotatable bonds is 3. The van der Waals surface area contributed by atoms with Crippen molar-refractivity contribution >= 4 is 33.3 Å². The fourth-order valence-corrected chi connectivity index (χ4v) is 3.12. The van der Waals surface area contributed by atoms with Gasteiger partial charge in [0, 0.05) is 4.90 Å². The quantitative estimate of drug-likeness (QED) is 0.694. The molecule has 1 aromatic carbocycles. The molecule has 0 saturated heterocycles. The first-order valence-corrected chi connectivity index (χ1v) is 7.94. The molecule has 0 radical (unpaired) electrons. The van der Waals surface area contributed by atoms with E-state index in [0.717, 1.165) is 15.8 Å². The maximum Gasteiger partial charge on any atom is 0.271 e. The zero-order chi connectivity index (χ0) is 13.2. The SMILES string of the molecule is CSc1ccc(Cn2cnc3ccsc3c2=O)cc1. The van der Waals surface area contributed by atoms with Gasteiger partial charge in [-0.15, -0.1) is 23.1 Å². The predicted octanol–water partition coefficient (Wildman–Crippen LogP) is 3.23. The Kier molecular flexibility index (Phi) is 3.40. The highest BCUT2D eigenvalue weighted by molar-refractivity contribution is 7.98. The zero-order valence-electron chi connectivity index (χ0n) is 10.4. The third-order valence-corrected chi connectivity index (χ3v) is 4.58. The van der Waals surface area contributed by atoms with E-state index in [1.807, 2.05) is 17.7 Å². The Morgan fingerprint density at radius 1 is 1.26 bits per heavy atom. The second kappa shape index (κ2) is 5.19. The zero-order valence-corrected chi connectivity index (χ0v) is 12.0. The van der Waals surface area contributed by atoms with Crippen molar-refractivity contribution in [3.63, 3.8) is 0 Å². The van der Waals surface area contributed by atoms with Gasteiger partial charge in [0.25, 0.3) is 5.56 Å². The molecule has 0 amide bonds. The molecule has 0 unspecified atom stereocenters. The van der Waals surface area contributed by atoms with Crippen LogP contribution in [-0.2, 0) is 6.54 Å². The first-order chi connectivity index (χ1) is 9.28. The molecular weight excluding hydrogens is 276 g/mol. The lowest BCUT2D eigenvalue weighted by molar-refractivity contribution is 0.749. The average Bonchev–Trinajstić information content (AvgIpc) is 2.92. The average molecular weight is 288 g/mol. The molecular formula is C14H12N2OS2. The van der Waals surface area contributed by atoms with Crippen LogP contribution >= 0.6 is 23.1 Å². The van der Waals surface area contributed by atoms with Gasteiger partial charge in [0.2, 0.25) is 0 Å². The van der Waals surface area contributed by atoms with Crippen LogP contribution in [0.3, 0.4) is 0 Å². The molecule has 3 nitrogen and oxygen atoms in total. The first-order valence-electron chi connectivity index (χ1n) is 5.83. The number of hydrogen-bond donors (Lipinski definition) is 0. The molecule has 2 heterocycles. The summed E-state index contributed by atoms with van der Waals surface area (Å²) in [7, 11) is 0. The molecule has 3 rings (SSSR count). The van der Waals surface area contributed by atoms with Gasteiger partial charge in [-0.1, -0.05) is 12.1 Å². The van der Waals surface area contributed by atoms with Crippen molar-refractivity contribution in [3.05, 3.63) is 58.0 Å². The van der Waals surface area contributed by atoms with Gasteiger partial charge in [0.1, 0.15) is 4.70 Å². The lowest BCUT2D eigenvalue weighted by Crippen LogP contribution is -2.20. The highest BCUT2D eigenvalue weighted by Gasteiger charge is 2.05. The molecule has 0 aliphatic rings. The Bertz CT molecular complexity index is 759. The Labute approximate surface area is 118 Å². The summed E-state index contributed by atoms with van der Waals surface area (Å²) in [5, 5.41) is 1.90. The van der Waals surface area contributed by atoms with Crippen molar-refractivity contribution in [3.8, 4) is 0 Å². The summed E-state index contributed by atoms with van der Waals surface area (Å²) in [6, 6.07) is 10.1. The number of fused-ring (bicyclic) bond motifs is 1. The molecule has 19 heavy (non-hydrogen) atoms. The largest absolute Gasteiger partial charge is 0.294 e. The molecule has 0 aliphatic heterocycles. The second-order valence-corrected chi connectivity index (χ2v) is 5.96. The fourth-order valence-electron chi connectivity index (χ4n) is 1.92. The van der Waals surface area contributed by atoms with E-state index >= 15 is 0 Å². The summed E-state index contributed by atoms with van der Waals surface area (Å²) >= 11 is 3.16. The van der Waals surface area contributed by atoms with Crippen LogP contribution in [0.2, 0.25) is 0 Å². The number of thioether (sulfide) groups is 1. The van der Waals surface area contributed by atoms with Gasteiger partial charge in [0.05, 0.1) is 18.4 Å². The van der Waals surface area contributed by atoms with Crippen LogP contribution in [0.1, 0.15) is 5.56 Å². The van der Waals surface area contributed by atoms with Crippen molar-refractivity contribution in [1.82, 2.24) is 9.55 Å². The highest BCUT2D eigenvalue weighted by atomic mass is 32.2. The molecule has 0 fully saturated rings. The van der Waals surface area contributed by atoms with Crippen molar-refractivity contribution in [2.75, 3.05) is 6.26 Å². The van der Waals surface area contributed by atoms with Crippen LogP contribution in [0.15, 0.2) is 51.7 Å². The van der Waals surface area contributed by atoms with Crippen LogP contribution in [-0.4, -0.2) is 15.8 Å². The Morgan fingerprint density at radius 2 is 2.05 bits per heavy atom. The Hall–Kier alpha value is -1.59. The van der Waals surface area contributed by atoms with E-state index in [0.29, 0.717) is 6.54 Å². The molecule has 3 aromatic rings. The van der Waals surface area contributed by atoms with E-state index in [-0.39, 0.29) is 5.56 Å². The number of aromatic nitrogens is 2. The van der Waals surface area contributed by atoms with Crippen molar-refractivity contribution in [2.24, 2.45) is 0 Å². The number of nitrogens with zero attached hydrogens (tertiary/aromatic N) is 2. The number of hydrogen-bond acceptors (Lipinski definition) is 4. The van der Waals surface area contributed by atoms with Gasteiger partial charge in [-0.05, 0) is 35.4 Å². The molecule has 0 atom stereocenters. The molecule has 5 heteroatoms. The van der Waals surface area contributed by atoms with Gasteiger partial charge < -0.3 is 0 Å². The number of thiophene rings is 1. The first kappa shape index (κ1) is 12.4. The minimum Gasteiger partial charge on any atom is -0.294 e. The summed E-state index contributed by atoms with van der Waals surface area (Å²) < 4.78 is 2.38.